The van der Waals surface area contributed by atoms with E-state index in [1.54, 1.807) is 0 Å². The second kappa shape index (κ2) is 7.29. The topological polar surface area (TPSA) is 107 Å². The third-order valence-corrected chi connectivity index (χ3v) is 2.29. The van der Waals surface area contributed by atoms with Crippen LogP contribution in [0.1, 0.15) is 0 Å². The van der Waals surface area contributed by atoms with E-state index in [0.29, 0.717) is 0 Å². The fourth-order valence-electron chi connectivity index (χ4n) is 1.54. The van der Waals surface area contributed by atoms with Crippen LogP contribution in [0.15, 0.2) is 18.2 Å². The summed E-state index contributed by atoms with van der Waals surface area (Å²) in [6, 6.07) is 2.44. The number of hydrogen-bond acceptors (Lipinski definition) is 4. The van der Waals surface area contributed by atoms with Crippen LogP contribution >= 0.6 is 0 Å². The Morgan fingerprint density at radius 3 is 2.14 bits per heavy atom. The van der Waals surface area contributed by atoms with Crippen molar-refractivity contribution in [2.45, 2.75) is 0 Å². The maximum Gasteiger partial charge on any atom is 0.317 e. The Balaban J connectivity index is 2.70. The molecule has 0 aliphatic rings. The van der Waals surface area contributed by atoms with Gasteiger partial charge in [0.25, 0.3) is 0 Å². The predicted molar refractivity (Wildman–Crippen MR) is 66.7 cm³/mol. The summed E-state index contributed by atoms with van der Waals surface area (Å²) in [5, 5.41) is 19.3. The fraction of sp³-hybridized carbons (Fsp3) is 0.250. The third-order valence-electron chi connectivity index (χ3n) is 2.29. The average Bonchev–Trinajstić information content (AvgIpc) is 2.31. The lowest BCUT2D eigenvalue weighted by Gasteiger charge is -2.17. The molecule has 3 N–H and O–H groups in total. The normalized spacial score (nSPS) is 10.4. The molecule has 114 valence electrons. The molecule has 1 aromatic carbocycles. The average molecular weight is 302 g/mol. The van der Waals surface area contributed by atoms with Gasteiger partial charge in [-0.2, -0.15) is 0 Å². The summed E-state index contributed by atoms with van der Waals surface area (Å²) in [4.78, 5) is 33.6. The second-order valence-electron chi connectivity index (χ2n) is 4.10. The number of hydrogen-bond donors (Lipinski definition) is 3. The first-order valence-corrected chi connectivity index (χ1v) is 5.68. The van der Waals surface area contributed by atoms with Gasteiger partial charge in [-0.25, -0.2) is 8.78 Å². The molecule has 0 saturated heterocycles. The molecule has 0 bridgehead atoms. The number of carboxylic acid groups (broad SMARTS) is 2. The van der Waals surface area contributed by atoms with E-state index in [1.807, 2.05) is 5.32 Å². The highest BCUT2D eigenvalue weighted by Crippen LogP contribution is 2.15. The van der Waals surface area contributed by atoms with Gasteiger partial charge in [0.2, 0.25) is 5.91 Å². The quantitative estimate of drug-likeness (QED) is 0.672. The van der Waals surface area contributed by atoms with Crippen molar-refractivity contribution in [3.8, 4) is 0 Å². The van der Waals surface area contributed by atoms with Gasteiger partial charge in [0.1, 0.15) is 11.6 Å². The molecule has 1 aromatic rings. The summed E-state index contributed by atoms with van der Waals surface area (Å²) in [5.41, 5.74) is -0.411. The molecule has 0 spiro atoms. The van der Waals surface area contributed by atoms with Crippen LogP contribution in [0.2, 0.25) is 0 Å². The third kappa shape index (κ3) is 5.95. The van der Waals surface area contributed by atoms with Gasteiger partial charge in [-0.15, -0.1) is 0 Å². The van der Waals surface area contributed by atoms with Crippen molar-refractivity contribution in [2.24, 2.45) is 0 Å². The predicted octanol–water partition coefficient (Wildman–Crippen LogP) is 0.375. The molecule has 0 aromatic heterocycles. The van der Waals surface area contributed by atoms with Crippen LogP contribution in [0.25, 0.3) is 0 Å². The zero-order valence-electron chi connectivity index (χ0n) is 10.7. The Bertz CT molecular complexity index is 549. The van der Waals surface area contributed by atoms with Crippen LogP contribution in [-0.4, -0.2) is 52.6 Å². The molecule has 9 heteroatoms. The van der Waals surface area contributed by atoms with Crippen LogP contribution in [-0.2, 0) is 14.4 Å². The maximum atomic E-state index is 13.3. The van der Waals surface area contributed by atoms with Gasteiger partial charge < -0.3 is 15.5 Å². The number of nitrogens with one attached hydrogen (secondary N) is 1. The summed E-state index contributed by atoms with van der Waals surface area (Å²) in [6.45, 7) is -1.94. The van der Waals surface area contributed by atoms with Crippen LogP contribution in [0.5, 0.6) is 0 Å². The van der Waals surface area contributed by atoms with Gasteiger partial charge in [-0.1, -0.05) is 0 Å². The molecule has 0 saturated carbocycles. The number of carbonyl (C=O) groups excluding carboxylic acids is 1. The Morgan fingerprint density at radius 1 is 1.05 bits per heavy atom. The van der Waals surface area contributed by atoms with E-state index in [0.717, 1.165) is 23.1 Å². The number of aliphatic carboxylic acids is 2. The number of halogens is 2. The van der Waals surface area contributed by atoms with E-state index >= 15 is 0 Å². The van der Waals surface area contributed by atoms with Crippen molar-refractivity contribution in [3.05, 3.63) is 29.8 Å². The van der Waals surface area contributed by atoms with E-state index in [4.69, 9.17) is 10.2 Å². The van der Waals surface area contributed by atoms with Gasteiger partial charge in [0.15, 0.2) is 0 Å². The number of carboxylic acids is 2. The lowest BCUT2D eigenvalue weighted by atomic mass is 10.3. The van der Waals surface area contributed by atoms with Crippen LogP contribution in [0.3, 0.4) is 0 Å². The molecule has 0 radical (unpaired) electrons. The van der Waals surface area contributed by atoms with Gasteiger partial charge in [0.05, 0.1) is 25.3 Å². The molecule has 0 heterocycles. The lowest BCUT2D eigenvalue weighted by Crippen LogP contribution is -2.40. The minimum atomic E-state index is -1.32. The van der Waals surface area contributed by atoms with Crippen molar-refractivity contribution in [3.63, 3.8) is 0 Å². The highest BCUT2D eigenvalue weighted by atomic mass is 19.1. The number of amides is 1. The first-order chi connectivity index (χ1) is 9.77. The molecule has 1 rings (SSSR count). The summed E-state index contributed by atoms with van der Waals surface area (Å²) in [6.07, 6.45) is 0. The SMILES string of the molecule is O=C(O)CN(CC(=O)O)CC(=O)Nc1cc(F)ccc1F. The van der Waals surface area contributed by atoms with E-state index in [2.05, 4.69) is 0 Å². The van der Waals surface area contributed by atoms with E-state index in [-0.39, 0.29) is 0 Å². The number of carbonyl (C=O) groups is 3. The Kier molecular flexibility index (Phi) is 5.73. The molecule has 0 aliphatic heterocycles. The number of anilines is 1. The summed E-state index contributed by atoms with van der Waals surface area (Å²) in [7, 11) is 0. The van der Waals surface area contributed by atoms with Crippen molar-refractivity contribution in [1.29, 1.82) is 0 Å². The largest absolute Gasteiger partial charge is 0.480 e. The van der Waals surface area contributed by atoms with Gasteiger partial charge >= 0.3 is 11.9 Å². The monoisotopic (exact) mass is 302 g/mol. The molecule has 0 unspecified atom stereocenters. The molecule has 0 aliphatic carbocycles. The Morgan fingerprint density at radius 2 is 1.62 bits per heavy atom. The molecule has 7 nitrogen and oxygen atoms in total. The number of rotatable bonds is 7. The van der Waals surface area contributed by atoms with E-state index in [9.17, 15) is 23.2 Å². The van der Waals surface area contributed by atoms with Crippen molar-refractivity contribution < 1.29 is 33.4 Å². The zero-order chi connectivity index (χ0) is 16.0. The maximum absolute atomic E-state index is 13.3. The van der Waals surface area contributed by atoms with Gasteiger partial charge in [0, 0.05) is 6.07 Å². The minimum absolute atomic E-state index is 0.411. The molecule has 1 amide bonds. The van der Waals surface area contributed by atoms with Crippen molar-refractivity contribution in [1.82, 2.24) is 4.90 Å². The Labute approximate surface area is 117 Å². The zero-order valence-corrected chi connectivity index (χ0v) is 10.7. The molecule has 21 heavy (non-hydrogen) atoms. The second-order valence-corrected chi connectivity index (χ2v) is 4.10. The first kappa shape index (κ1) is 16.5. The molecule has 0 fully saturated rings. The first-order valence-electron chi connectivity index (χ1n) is 5.68. The lowest BCUT2D eigenvalue weighted by molar-refractivity contribution is -0.142. The van der Waals surface area contributed by atoms with E-state index < -0.39 is 54.8 Å². The number of benzene rings is 1. The van der Waals surface area contributed by atoms with Crippen molar-refractivity contribution >= 4 is 23.5 Å². The van der Waals surface area contributed by atoms with Crippen molar-refractivity contribution in [2.75, 3.05) is 25.0 Å². The highest BCUT2D eigenvalue weighted by Gasteiger charge is 2.18. The minimum Gasteiger partial charge on any atom is -0.480 e. The molecule has 0 atom stereocenters. The van der Waals surface area contributed by atoms with Crippen LogP contribution in [0.4, 0.5) is 14.5 Å². The summed E-state index contributed by atoms with van der Waals surface area (Å²) < 4.78 is 26.2. The van der Waals surface area contributed by atoms with Crippen LogP contribution in [0, 0.1) is 11.6 Å². The van der Waals surface area contributed by atoms with E-state index in [1.165, 1.54) is 0 Å². The molecular formula is C12H12F2N2O5. The van der Waals surface area contributed by atoms with Gasteiger partial charge in [-0.3, -0.25) is 19.3 Å². The number of nitrogens with zero attached hydrogens (tertiary/aromatic N) is 1. The van der Waals surface area contributed by atoms with Crippen LogP contribution < -0.4 is 5.32 Å². The standard InChI is InChI=1S/C12H12F2N2O5/c13-7-1-2-8(14)9(3-7)15-10(17)4-16(5-11(18)19)6-12(20)21/h1-3H,4-6H2,(H,15,17)(H,18,19)(H,20,21). The van der Waals surface area contributed by atoms with Gasteiger partial charge in [-0.05, 0) is 12.1 Å². The summed E-state index contributed by atoms with van der Waals surface area (Å²) >= 11 is 0. The Hall–Kier alpha value is -2.55. The summed E-state index contributed by atoms with van der Waals surface area (Å²) in [5.74, 6) is -5.13. The molecular weight excluding hydrogens is 290 g/mol. The fourth-order valence-corrected chi connectivity index (χ4v) is 1.54. The highest BCUT2D eigenvalue weighted by molar-refractivity contribution is 5.92. The smallest absolute Gasteiger partial charge is 0.317 e.